The van der Waals surface area contributed by atoms with Crippen molar-refractivity contribution in [2.24, 2.45) is 11.1 Å². The van der Waals surface area contributed by atoms with Gasteiger partial charge in [-0.15, -0.1) is 0 Å². The monoisotopic (exact) mass is 523 g/mol. The Labute approximate surface area is 217 Å². The Kier molecular flexibility index (Phi) is 6.50. The molecule has 186 valence electrons. The Morgan fingerprint density at radius 3 is 2.67 bits per heavy atom. The minimum absolute atomic E-state index is 0.0233. The minimum atomic E-state index is -0.418. The van der Waals surface area contributed by atoms with E-state index in [2.05, 4.69) is 26.8 Å². The molecule has 0 amide bonds. The van der Waals surface area contributed by atoms with Gasteiger partial charge < -0.3 is 21.5 Å². The molecule has 4 aromatic rings. The second-order valence-corrected chi connectivity index (χ2v) is 10.6. The summed E-state index contributed by atoms with van der Waals surface area (Å²) >= 11 is 7.97. The summed E-state index contributed by atoms with van der Waals surface area (Å²) in [7, 11) is 0. The number of nitrogens with zero attached hydrogens (tertiary/aromatic N) is 5. The number of nitrogen functional groups attached to an aromatic ring is 1. The Bertz CT molecular complexity index is 1500. The van der Waals surface area contributed by atoms with Crippen LogP contribution in [-0.4, -0.2) is 44.1 Å². The van der Waals surface area contributed by atoms with E-state index in [-0.39, 0.29) is 21.9 Å². The van der Waals surface area contributed by atoms with Crippen molar-refractivity contribution in [3.05, 3.63) is 64.2 Å². The van der Waals surface area contributed by atoms with E-state index in [1.54, 1.807) is 48.8 Å². The molecule has 1 aliphatic heterocycles. The molecule has 0 atom stereocenters. The van der Waals surface area contributed by atoms with Gasteiger partial charge in [0.15, 0.2) is 5.82 Å². The van der Waals surface area contributed by atoms with Crippen molar-refractivity contribution in [3.8, 4) is 17.0 Å². The van der Waals surface area contributed by atoms with E-state index in [4.69, 9.17) is 23.1 Å². The van der Waals surface area contributed by atoms with Gasteiger partial charge in [0.1, 0.15) is 22.1 Å². The van der Waals surface area contributed by atoms with Crippen molar-refractivity contribution in [1.82, 2.24) is 19.4 Å². The minimum Gasteiger partial charge on any atom is -0.493 e. The molecular formula is C25H26ClN7O2S. The zero-order valence-electron chi connectivity index (χ0n) is 19.7. The lowest BCUT2D eigenvalue weighted by molar-refractivity contribution is 0.258. The molecule has 1 aromatic carbocycles. The summed E-state index contributed by atoms with van der Waals surface area (Å²) in [4.78, 5) is 29.2. The summed E-state index contributed by atoms with van der Waals surface area (Å²) < 4.78 is 1.37. The predicted molar refractivity (Wildman–Crippen MR) is 143 cm³/mol. The fraction of sp³-hybridized carbons (Fsp3) is 0.280. The third-order valence-electron chi connectivity index (χ3n) is 6.69. The van der Waals surface area contributed by atoms with Crippen LogP contribution >= 0.6 is 23.4 Å². The molecule has 9 nitrogen and oxygen atoms in total. The topological polar surface area (TPSA) is 136 Å². The zero-order valence-corrected chi connectivity index (χ0v) is 21.3. The molecule has 0 unspecified atom stereocenters. The SMILES string of the molecule is CC1(CN)CCN(c2cnc(Sc3cccc(-c4c(O)nc5ccccn5c4=O)c3Cl)c(N)n2)CC1. The molecule has 0 saturated carbocycles. The lowest BCUT2D eigenvalue weighted by Crippen LogP contribution is -2.42. The van der Waals surface area contributed by atoms with Gasteiger partial charge in [0.05, 0.1) is 11.2 Å². The number of halogens is 1. The first kappa shape index (κ1) is 24.4. The molecule has 0 spiro atoms. The van der Waals surface area contributed by atoms with Crippen molar-refractivity contribution in [2.75, 3.05) is 30.3 Å². The summed E-state index contributed by atoms with van der Waals surface area (Å²) in [5, 5.41) is 11.3. The number of aromatic nitrogens is 4. The van der Waals surface area contributed by atoms with Gasteiger partial charge >= 0.3 is 0 Å². The van der Waals surface area contributed by atoms with Crippen molar-refractivity contribution < 1.29 is 5.11 Å². The number of anilines is 2. The van der Waals surface area contributed by atoms with Gasteiger partial charge in [0.25, 0.3) is 5.56 Å². The maximum atomic E-state index is 13.1. The first-order valence-electron chi connectivity index (χ1n) is 11.5. The highest BCUT2D eigenvalue weighted by molar-refractivity contribution is 7.99. The van der Waals surface area contributed by atoms with Gasteiger partial charge in [-0.1, -0.05) is 48.5 Å². The molecule has 1 fully saturated rings. The maximum Gasteiger partial charge on any atom is 0.269 e. The molecule has 0 bridgehead atoms. The third-order valence-corrected chi connectivity index (χ3v) is 8.28. The summed E-state index contributed by atoms with van der Waals surface area (Å²) in [6, 6.07) is 10.3. The van der Waals surface area contributed by atoms with Crippen LogP contribution in [0.4, 0.5) is 11.6 Å². The molecule has 1 saturated heterocycles. The molecule has 4 heterocycles. The summed E-state index contributed by atoms with van der Waals surface area (Å²) in [6.07, 6.45) is 5.28. The van der Waals surface area contributed by atoms with Crippen LogP contribution in [0.3, 0.4) is 0 Å². The zero-order chi connectivity index (χ0) is 25.4. The van der Waals surface area contributed by atoms with Crippen LogP contribution in [0.1, 0.15) is 19.8 Å². The molecular weight excluding hydrogens is 498 g/mol. The number of aromatic hydroxyl groups is 1. The van der Waals surface area contributed by atoms with E-state index in [0.29, 0.717) is 33.5 Å². The summed E-state index contributed by atoms with van der Waals surface area (Å²) in [5.41, 5.74) is 12.7. The van der Waals surface area contributed by atoms with E-state index >= 15 is 0 Å². The summed E-state index contributed by atoms with van der Waals surface area (Å²) in [6.45, 7) is 4.58. The number of pyridine rings is 1. The number of benzene rings is 1. The van der Waals surface area contributed by atoms with Crippen LogP contribution in [0.2, 0.25) is 5.02 Å². The number of hydrogen-bond donors (Lipinski definition) is 3. The van der Waals surface area contributed by atoms with Gasteiger partial charge in [-0.2, -0.15) is 4.98 Å². The fourth-order valence-electron chi connectivity index (χ4n) is 4.29. The maximum absolute atomic E-state index is 13.1. The normalized spacial score (nSPS) is 15.4. The Balaban J connectivity index is 1.43. The average molecular weight is 524 g/mol. The number of hydrogen-bond acceptors (Lipinski definition) is 9. The smallest absolute Gasteiger partial charge is 0.269 e. The lowest BCUT2D eigenvalue weighted by Gasteiger charge is -2.39. The Morgan fingerprint density at radius 1 is 1.17 bits per heavy atom. The first-order valence-corrected chi connectivity index (χ1v) is 12.7. The standard InChI is InChI=1S/C25H26ClN7O2S/c1-25(14-27)8-11-32(12-9-25)18-13-29-23(21(28)30-18)36-16-6-4-5-15(20(16)26)19-22(34)31-17-7-2-3-10-33(17)24(19)35/h2-7,10,13,34H,8-9,11-12,14,27H2,1H3,(H2,28,30). The average Bonchev–Trinajstić information content (AvgIpc) is 2.88. The van der Waals surface area contributed by atoms with Crippen molar-refractivity contribution >= 4 is 40.6 Å². The predicted octanol–water partition coefficient (Wildman–Crippen LogP) is 3.81. The van der Waals surface area contributed by atoms with E-state index in [0.717, 1.165) is 31.7 Å². The molecule has 5 rings (SSSR count). The van der Waals surface area contributed by atoms with Gasteiger partial charge in [-0.3, -0.25) is 9.20 Å². The molecule has 1 aliphatic rings. The van der Waals surface area contributed by atoms with E-state index in [1.165, 1.54) is 16.2 Å². The molecule has 0 radical (unpaired) electrons. The highest BCUT2D eigenvalue weighted by atomic mass is 35.5. The number of rotatable bonds is 5. The van der Waals surface area contributed by atoms with Gasteiger partial charge in [0, 0.05) is 29.7 Å². The Hall–Kier alpha value is -3.34. The highest BCUT2D eigenvalue weighted by Crippen LogP contribution is 2.41. The molecule has 3 aromatic heterocycles. The van der Waals surface area contributed by atoms with Crippen molar-refractivity contribution in [3.63, 3.8) is 0 Å². The summed E-state index contributed by atoms with van der Waals surface area (Å²) in [5.74, 6) is 0.642. The molecule has 0 aliphatic carbocycles. The number of piperidine rings is 1. The Morgan fingerprint density at radius 2 is 1.94 bits per heavy atom. The largest absolute Gasteiger partial charge is 0.493 e. The second-order valence-electron chi connectivity index (χ2n) is 9.18. The quantitative estimate of drug-likeness (QED) is 0.356. The molecule has 36 heavy (non-hydrogen) atoms. The van der Waals surface area contributed by atoms with E-state index < -0.39 is 5.56 Å². The van der Waals surface area contributed by atoms with Crippen LogP contribution in [0.5, 0.6) is 5.88 Å². The molecule has 5 N–H and O–H groups in total. The van der Waals surface area contributed by atoms with Gasteiger partial charge in [-0.25, -0.2) is 9.97 Å². The number of fused-ring (bicyclic) bond motifs is 1. The highest BCUT2D eigenvalue weighted by Gasteiger charge is 2.29. The van der Waals surface area contributed by atoms with Crippen LogP contribution in [0.25, 0.3) is 16.8 Å². The van der Waals surface area contributed by atoms with E-state index in [9.17, 15) is 9.90 Å². The van der Waals surface area contributed by atoms with Crippen LogP contribution < -0.4 is 21.9 Å². The van der Waals surface area contributed by atoms with Gasteiger partial charge in [-0.05, 0) is 43.0 Å². The van der Waals surface area contributed by atoms with Crippen molar-refractivity contribution in [1.29, 1.82) is 0 Å². The third kappa shape index (κ3) is 4.47. The van der Waals surface area contributed by atoms with Crippen LogP contribution in [0, 0.1) is 5.41 Å². The fourth-order valence-corrected chi connectivity index (χ4v) is 5.44. The molecule has 11 heteroatoms. The van der Waals surface area contributed by atoms with Gasteiger partial charge in [0.2, 0.25) is 5.88 Å². The van der Waals surface area contributed by atoms with Crippen LogP contribution in [-0.2, 0) is 0 Å². The van der Waals surface area contributed by atoms with Crippen molar-refractivity contribution in [2.45, 2.75) is 29.7 Å². The lowest BCUT2D eigenvalue weighted by atomic mass is 9.80. The number of nitrogens with two attached hydrogens (primary N) is 2. The van der Waals surface area contributed by atoms with Crippen LogP contribution in [0.15, 0.2) is 63.5 Å². The van der Waals surface area contributed by atoms with E-state index in [1.807, 2.05) is 0 Å². The first-order chi connectivity index (χ1) is 17.3. The second kappa shape index (κ2) is 9.61.